The number of anilines is 1. The van der Waals surface area contributed by atoms with Crippen LogP contribution in [0.5, 0.6) is 0 Å². The molecule has 0 aliphatic carbocycles. The maximum atomic E-state index is 12.9. The highest BCUT2D eigenvalue weighted by Crippen LogP contribution is 2.39. The summed E-state index contributed by atoms with van der Waals surface area (Å²) in [6.45, 7) is 1.68. The monoisotopic (exact) mass is 410 g/mol. The minimum atomic E-state index is -4.61. The SMILES string of the molecule is CCS(=O)c1cnn(-c2c(Cl)cc(C(F)(F)F)cc2Cl)c1N(C)C#N. The van der Waals surface area contributed by atoms with Crippen molar-refractivity contribution in [1.82, 2.24) is 9.78 Å². The summed E-state index contributed by atoms with van der Waals surface area (Å²) in [5.74, 6) is 0.387. The predicted molar refractivity (Wildman–Crippen MR) is 89.6 cm³/mol. The highest BCUT2D eigenvalue weighted by Gasteiger charge is 2.33. The van der Waals surface area contributed by atoms with Crippen LogP contribution in [0.15, 0.2) is 23.2 Å². The number of rotatable bonds is 4. The Kier molecular flexibility index (Phi) is 5.66. The van der Waals surface area contributed by atoms with Gasteiger partial charge in [0.15, 0.2) is 12.0 Å². The van der Waals surface area contributed by atoms with E-state index in [1.807, 2.05) is 6.19 Å². The van der Waals surface area contributed by atoms with Crippen LogP contribution in [0.2, 0.25) is 10.0 Å². The molecular formula is C14H11Cl2F3N4OS. The summed E-state index contributed by atoms with van der Waals surface area (Å²) in [6.07, 6.45) is -1.50. The number of alkyl halides is 3. The van der Waals surface area contributed by atoms with Gasteiger partial charge in [-0.25, -0.2) is 4.68 Å². The summed E-state index contributed by atoms with van der Waals surface area (Å²) < 4.78 is 51.9. The molecule has 0 amide bonds. The third kappa shape index (κ3) is 3.76. The highest BCUT2D eigenvalue weighted by molar-refractivity contribution is 7.85. The largest absolute Gasteiger partial charge is 0.416 e. The Morgan fingerprint density at radius 2 is 1.92 bits per heavy atom. The molecule has 25 heavy (non-hydrogen) atoms. The molecule has 0 bridgehead atoms. The number of hydrogen-bond donors (Lipinski definition) is 0. The van der Waals surface area contributed by atoms with E-state index in [1.54, 1.807) is 6.92 Å². The third-order valence-corrected chi connectivity index (χ3v) is 5.12. The molecule has 0 saturated carbocycles. The molecule has 0 fully saturated rings. The van der Waals surface area contributed by atoms with Crippen molar-refractivity contribution < 1.29 is 17.4 Å². The average molecular weight is 411 g/mol. The van der Waals surface area contributed by atoms with Gasteiger partial charge in [0.2, 0.25) is 0 Å². The molecule has 1 unspecified atom stereocenters. The Bertz CT molecular complexity index is 853. The molecule has 1 heterocycles. The molecule has 0 spiro atoms. The van der Waals surface area contributed by atoms with E-state index in [9.17, 15) is 17.4 Å². The zero-order valence-electron chi connectivity index (χ0n) is 12.9. The van der Waals surface area contributed by atoms with Crippen molar-refractivity contribution in [3.8, 4) is 11.9 Å². The van der Waals surface area contributed by atoms with Gasteiger partial charge in [0, 0.05) is 12.8 Å². The quantitative estimate of drug-likeness (QED) is 0.558. The summed E-state index contributed by atoms with van der Waals surface area (Å²) in [4.78, 5) is 1.33. The average Bonchev–Trinajstić information content (AvgIpc) is 2.96. The Labute approximate surface area is 154 Å². The summed E-state index contributed by atoms with van der Waals surface area (Å²) >= 11 is 12.0. The molecule has 0 radical (unpaired) electrons. The van der Waals surface area contributed by atoms with Crippen molar-refractivity contribution >= 4 is 39.8 Å². The molecule has 2 rings (SSSR count). The van der Waals surface area contributed by atoms with Crippen LogP contribution in [0.1, 0.15) is 12.5 Å². The van der Waals surface area contributed by atoms with Gasteiger partial charge in [-0.1, -0.05) is 30.1 Å². The second kappa shape index (κ2) is 7.23. The Morgan fingerprint density at radius 1 is 1.36 bits per heavy atom. The first-order valence-corrected chi connectivity index (χ1v) is 8.85. The first-order valence-electron chi connectivity index (χ1n) is 6.78. The van der Waals surface area contributed by atoms with Crippen LogP contribution in [0.3, 0.4) is 0 Å². The molecule has 0 N–H and O–H groups in total. The van der Waals surface area contributed by atoms with E-state index in [0.29, 0.717) is 0 Å². The van der Waals surface area contributed by atoms with Crippen molar-refractivity contribution in [2.45, 2.75) is 18.0 Å². The second-order valence-corrected chi connectivity index (χ2v) is 7.35. The van der Waals surface area contributed by atoms with Gasteiger partial charge in [0.05, 0.1) is 32.6 Å². The van der Waals surface area contributed by atoms with Crippen LogP contribution in [-0.4, -0.2) is 26.8 Å². The van der Waals surface area contributed by atoms with Crippen molar-refractivity contribution in [3.05, 3.63) is 33.9 Å². The first kappa shape index (κ1) is 19.6. The lowest BCUT2D eigenvalue weighted by molar-refractivity contribution is -0.137. The highest BCUT2D eigenvalue weighted by atomic mass is 35.5. The van der Waals surface area contributed by atoms with Gasteiger partial charge >= 0.3 is 6.18 Å². The third-order valence-electron chi connectivity index (χ3n) is 3.24. The molecular weight excluding hydrogens is 400 g/mol. The van der Waals surface area contributed by atoms with Crippen molar-refractivity contribution in [2.24, 2.45) is 0 Å². The van der Waals surface area contributed by atoms with Crippen molar-refractivity contribution in [1.29, 1.82) is 5.26 Å². The van der Waals surface area contributed by atoms with Gasteiger partial charge in [-0.05, 0) is 12.1 Å². The number of hydrogen-bond acceptors (Lipinski definition) is 4. The summed E-state index contributed by atoms with van der Waals surface area (Å²) in [5, 5.41) is 12.6. The topological polar surface area (TPSA) is 61.9 Å². The molecule has 134 valence electrons. The Hall–Kier alpha value is -1.76. The molecule has 0 aliphatic heterocycles. The number of halogens is 5. The lowest BCUT2D eigenvalue weighted by Gasteiger charge is -2.17. The van der Waals surface area contributed by atoms with E-state index in [4.69, 9.17) is 28.5 Å². The molecule has 11 heteroatoms. The zero-order valence-corrected chi connectivity index (χ0v) is 15.3. The molecule has 1 aromatic heterocycles. The van der Waals surface area contributed by atoms with Gasteiger partial charge in [0.25, 0.3) is 0 Å². The van der Waals surface area contributed by atoms with E-state index in [0.717, 1.165) is 21.7 Å². The fourth-order valence-corrected chi connectivity index (χ4v) is 3.64. The van der Waals surface area contributed by atoms with Crippen LogP contribution in [0, 0.1) is 11.5 Å². The van der Waals surface area contributed by atoms with Crippen LogP contribution >= 0.6 is 23.2 Å². The fraction of sp³-hybridized carbons (Fsp3) is 0.286. The van der Waals surface area contributed by atoms with Crippen LogP contribution < -0.4 is 4.90 Å². The molecule has 0 aliphatic rings. The lowest BCUT2D eigenvalue weighted by Crippen LogP contribution is -2.17. The Morgan fingerprint density at radius 3 is 2.36 bits per heavy atom. The molecule has 1 atom stereocenters. The first-order chi connectivity index (χ1) is 11.6. The van der Waals surface area contributed by atoms with Crippen LogP contribution in [0.4, 0.5) is 19.0 Å². The smallest absolute Gasteiger partial charge is 0.265 e. The lowest BCUT2D eigenvalue weighted by atomic mass is 10.2. The maximum Gasteiger partial charge on any atom is 0.416 e. The predicted octanol–water partition coefficient (Wildman–Crippen LogP) is 4.24. The van der Waals surface area contributed by atoms with E-state index in [2.05, 4.69) is 5.10 Å². The van der Waals surface area contributed by atoms with E-state index in [1.165, 1.54) is 13.2 Å². The van der Waals surface area contributed by atoms with Gasteiger partial charge in [-0.3, -0.25) is 9.11 Å². The van der Waals surface area contributed by atoms with E-state index >= 15 is 0 Å². The number of nitriles is 1. The van der Waals surface area contributed by atoms with Crippen LogP contribution in [0.25, 0.3) is 5.69 Å². The van der Waals surface area contributed by atoms with Crippen molar-refractivity contribution in [3.63, 3.8) is 0 Å². The molecule has 5 nitrogen and oxygen atoms in total. The van der Waals surface area contributed by atoms with Gasteiger partial charge < -0.3 is 0 Å². The minimum absolute atomic E-state index is 0.0345. The van der Waals surface area contributed by atoms with E-state index in [-0.39, 0.29) is 32.2 Å². The zero-order chi connectivity index (χ0) is 18.9. The fourth-order valence-electron chi connectivity index (χ4n) is 2.09. The number of benzene rings is 1. The molecule has 2 aromatic rings. The standard InChI is InChI=1S/C14H11Cl2F3N4OS/c1-3-25(24)11-6-21-23(13(11)22(2)7-20)12-9(15)4-8(5-10(12)16)14(17,18)19/h4-6H,3H2,1-2H3. The van der Waals surface area contributed by atoms with Gasteiger partial charge in [-0.2, -0.15) is 23.5 Å². The summed E-state index contributed by atoms with van der Waals surface area (Å²) in [5.41, 5.74) is -1.04. The second-order valence-electron chi connectivity index (χ2n) is 4.82. The maximum absolute atomic E-state index is 12.9. The molecule has 1 aromatic carbocycles. The summed E-state index contributed by atoms with van der Waals surface area (Å²) in [6, 6.07) is 1.44. The normalized spacial score (nSPS) is 12.7. The number of nitrogens with zero attached hydrogens (tertiary/aromatic N) is 4. The molecule has 0 saturated heterocycles. The van der Waals surface area contributed by atoms with Gasteiger partial charge in [-0.15, -0.1) is 0 Å². The van der Waals surface area contributed by atoms with Gasteiger partial charge in [0.1, 0.15) is 10.6 Å². The summed E-state index contributed by atoms with van der Waals surface area (Å²) in [7, 11) is -0.0524. The number of aromatic nitrogens is 2. The Balaban J connectivity index is 2.74. The van der Waals surface area contributed by atoms with Crippen LogP contribution in [-0.2, 0) is 17.0 Å². The minimum Gasteiger partial charge on any atom is -0.265 e. The van der Waals surface area contributed by atoms with Crippen molar-refractivity contribution in [2.75, 3.05) is 17.7 Å². The van der Waals surface area contributed by atoms with E-state index < -0.39 is 22.5 Å².